The van der Waals surface area contributed by atoms with Gasteiger partial charge in [0.2, 0.25) is 10.0 Å². The molecule has 1 aromatic carbocycles. The highest BCUT2D eigenvalue weighted by molar-refractivity contribution is 7.91. The van der Waals surface area contributed by atoms with Crippen LogP contribution < -0.4 is 10.5 Å². The molecule has 0 aliphatic carbocycles. The van der Waals surface area contributed by atoms with E-state index in [0.29, 0.717) is 11.1 Å². The van der Waals surface area contributed by atoms with Crippen LogP contribution in [0.3, 0.4) is 0 Å². The second-order valence-electron chi connectivity index (χ2n) is 4.58. The van der Waals surface area contributed by atoms with Crippen LogP contribution in [0.15, 0.2) is 35.4 Å². The Hall–Kier alpha value is -1.71. The van der Waals surface area contributed by atoms with Gasteiger partial charge in [0, 0.05) is 30.1 Å². The van der Waals surface area contributed by atoms with Gasteiger partial charge in [-0.3, -0.25) is 4.98 Å². The normalized spacial score (nSPS) is 12.6. The molecule has 1 heterocycles. The van der Waals surface area contributed by atoms with Gasteiger partial charge in [0.15, 0.2) is 0 Å². The summed E-state index contributed by atoms with van der Waals surface area (Å²) in [5.41, 5.74) is 6.47. The van der Waals surface area contributed by atoms with Crippen molar-refractivity contribution in [3.8, 4) is 0 Å². The van der Waals surface area contributed by atoms with E-state index in [1.165, 1.54) is 18.3 Å². The average molecular weight is 329 g/mol. The first-order valence-corrected chi connectivity index (χ1v) is 9.56. The fourth-order valence-electron chi connectivity index (χ4n) is 1.82. The highest BCUT2D eigenvalue weighted by Gasteiger charge is 2.19. The van der Waals surface area contributed by atoms with Gasteiger partial charge in [-0.25, -0.2) is 21.6 Å². The van der Waals surface area contributed by atoms with Crippen molar-refractivity contribution in [3.05, 3.63) is 30.5 Å². The third-order valence-corrected chi connectivity index (χ3v) is 5.26. The first kappa shape index (κ1) is 15.7. The molecule has 0 amide bonds. The van der Waals surface area contributed by atoms with Crippen LogP contribution in [0.2, 0.25) is 0 Å². The zero-order valence-electron chi connectivity index (χ0n) is 11.3. The molecule has 0 saturated heterocycles. The van der Waals surface area contributed by atoms with Crippen LogP contribution in [-0.2, 0) is 19.9 Å². The Bertz CT molecular complexity index is 877. The number of hydrogen-bond donors (Lipinski definition) is 2. The van der Waals surface area contributed by atoms with Crippen LogP contribution in [0.4, 0.5) is 5.69 Å². The SMILES string of the molecule is CS(=O)(=O)CCNS(=O)(=O)c1ccc(N)c2cccnc12. The summed E-state index contributed by atoms with van der Waals surface area (Å²) in [7, 11) is -7.10. The van der Waals surface area contributed by atoms with E-state index in [0.717, 1.165) is 6.26 Å². The third kappa shape index (κ3) is 3.69. The summed E-state index contributed by atoms with van der Waals surface area (Å²) in [6.07, 6.45) is 2.51. The van der Waals surface area contributed by atoms with Crippen molar-refractivity contribution in [2.75, 3.05) is 24.3 Å². The van der Waals surface area contributed by atoms with Gasteiger partial charge in [0.1, 0.15) is 14.7 Å². The maximum absolute atomic E-state index is 12.3. The Morgan fingerprint density at radius 2 is 1.90 bits per heavy atom. The number of nitrogens with two attached hydrogens (primary N) is 1. The number of nitrogens with zero attached hydrogens (tertiary/aromatic N) is 1. The Morgan fingerprint density at radius 1 is 1.19 bits per heavy atom. The highest BCUT2D eigenvalue weighted by atomic mass is 32.2. The van der Waals surface area contributed by atoms with Gasteiger partial charge in [0.05, 0.1) is 11.3 Å². The lowest BCUT2D eigenvalue weighted by molar-refractivity contribution is 0.582. The number of fused-ring (bicyclic) bond motifs is 1. The van der Waals surface area contributed by atoms with Crippen LogP contribution in [0, 0.1) is 0 Å². The van der Waals surface area contributed by atoms with Crippen molar-refractivity contribution < 1.29 is 16.8 Å². The molecule has 0 fully saturated rings. The van der Waals surface area contributed by atoms with Crippen LogP contribution in [0.5, 0.6) is 0 Å². The van der Waals surface area contributed by atoms with Crippen LogP contribution in [0.1, 0.15) is 0 Å². The van der Waals surface area contributed by atoms with E-state index < -0.39 is 19.9 Å². The van der Waals surface area contributed by atoms with Crippen molar-refractivity contribution >= 4 is 36.5 Å². The van der Waals surface area contributed by atoms with E-state index in [9.17, 15) is 16.8 Å². The minimum Gasteiger partial charge on any atom is -0.398 e. The van der Waals surface area contributed by atoms with Crippen molar-refractivity contribution in [1.29, 1.82) is 0 Å². The zero-order chi connectivity index (χ0) is 15.7. The van der Waals surface area contributed by atoms with Gasteiger partial charge in [-0.05, 0) is 24.3 Å². The number of hydrogen-bond acceptors (Lipinski definition) is 6. The summed E-state index contributed by atoms with van der Waals surface area (Å²) in [5, 5.41) is 0.531. The lowest BCUT2D eigenvalue weighted by Gasteiger charge is -2.09. The van der Waals surface area contributed by atoms with Gasteiger partial charge in [-0.1, -0.05) is 0 Å². The molecule has 9 heteroatoms. The Balaban J connectivity index is 2.39. The summed E-state index contributed by atoms with van der Waals surface area (Å²) in [4.78, 5) is 4.02. The first-order chi connectivity index (χ1) is 9.71. The number of rotatable bonds is 5. The molecule has 0 unspecified atom stereocenters. The molecule has 0 atom stereocenters. The Morgan fingerprint density at radius 3 is 2.57 bits per heavy atom. The number of sulfone groups is 1. The largest absolute Gasteiger partial charge is 0.398 e. The summed E-state index contributed by atoms with van der Waals surface area (Å²) >= 11 is 0. The topological polar surface area (TPSA) is 119 Å². The molecule has 2 rings (SSSR count). The van der Waals surface area contributed by atoms with Crippen LogP contribution in [-0.4, -0.2) is 40.4 Å². The van der Waals surface area contributed by atoms with Crippen LogP contribution >= 0.6 is 0 Å². The summed E-state index contributed by atoms with van der Waals surface area (Å²) in [6, 6.07) is 6.17. The van der Waals surface area contributed by atoms with Crippen molar-refractivity contribution in [2.24, 2.45) is 0 Å². The molecule has 1 aromatic heterocycles. The lowest BCUT2D eigenvalue weighted by Crippen LogP contribution is -2.29. The number of aromatic nitrogens is 1. The second-order valence-corrected chi connectivity index (χ2v) is 8.58. The minimum atomic E-state index is -3.86. The van der Waals surface area contributed by atoms with Gasteiger partial charge in [0.25, 0.3) is 0 Å². The Labute approximate surface area is 123 Å². The summed E-state index contributed by atoms with van der Waals surface area (Å²) in [6.45, 7) is -0.195. The maximum atomic E-state index is 12.3. The summed E-state index contributed by atoms with van der Waals surface area (Å²) < 4.78 is 48.9. The van der Waals surface area contributed by atoms with E-state index in [4.69, 9.17) is 5.73 Å². The van der Waals surface area contributed by atoms with Gasteiger partial charge < -0.3 is 5.73 Å². The fourth-order valence-corrected chi connectivity index (χ4v) is 3.62. The lowest BCUT2D eigenvalue weighted by atomic mass is 10.2. The van der Waals surface area contributed by atoms with Crippen molar-refractivity contribution in [3.63, 3.8) is 0 Å². The van der Waals surface area contributed by atoms with Gasteiger partial charge >= 0.3 is 0 Å². The molecule has 114 valence electrons. The first-order valence-electron chi connectivity index (χ1n) is 6.01. The minimum absolute atomic E-state index is 0.0270. The molecular weight excluding hydrogens is 314 g/mol. The van der Waals surface area contributed by atoms with E-state index in [2.05, 4.69) is 9.71 Å². The number of pyridine rings is 1. The predicted octanol–water partition coefficient (Wildman–Crippen LogP) is 0.140. The molecule has 0 radical (unpaired) electrons. The average Bonchev–Trinajstić information content (AvgIpc) is 2.37. The number of benzene rings is 1. The number of anilines is 1. The highest BCUT2D eigenvalue weighted by Crippen LogP contribution is 2.25. The second kappa shape index (κ2) is 5.58. The molecule has 7 nitrogen and oxygen atoms in total. The molecule has 2 aromatic rings. The molecule has 0 saturated carbocycles. The van der Waals surface area contributed by atoms with E-state index in [1.54, 1.807) is 12.1 Å². The zero-order valence-corrected chi connectivity index (χ0v) is 12.9. The maximum Gasteiger partial charge on any atom is 0.242 e. The van der Waals surface area contributed by atoms with E-state index >= 15 is 0 Å². The third-order valence-electron chi connectivity index (χ3n) is 2.82. The molecule has 0 spiro atoms. The van der Waals surface area contributed by atoms with E-state index in [1.807, 2.05) is 0 Å². The molecule has 3 N–H and O–H groups in total. The number of nitrogen functional groups attached to an aromatic ring is 1. The quantitative estimate of drug-likeness (QED) is 0.753. The summed E-state index contributed by atoms with van der Waals surface area (Å²) in [5.74, 6) is -0.271. The predicted molar refractivity (Wildman–Crippen MR) is 81.1 cm³/mol. The molecular formula is C12H15N3O4S2. The smallest absolute Gasteiger partial charge is 0.242 e. The van der Waals surface area contributed by atoms with Crippen LogP contribution in [0.25, 0.3) is 10.9 Å². The number of sulfonamides is 1. The molecule has 0 aliphatic heterocycles. The molecule has 0 aliphatic rings. The Kier molecular flexibility index (Phi) is 4.17. The van der Waals surface area contributed by atoms with Gasteiger partial charge in [-0.2, -0.15) is 0 Å². The monoisotopic (exact) mass is 329 g/mol. The number of nitrogens with one attached hydrogen (secondary N) is 1. The van der Waals surface area contributed by atoms with E-state index in [-0.39, 0.29) is 22.7 Å². The molecule has 0 bridgehead atoms. The van der Waals surface area contributed by atoms with Crippen molar-refractivity contribution in [2.45, 2.75) is 4.90 Å². The fraction of sp³-hybridized carbons (Fsp3) is 0.250. The van der Waals surface area contributed by atoms with Crippen molar-refractivity contribution in [1.82, 2.24) is 9.71 Å². The standard InChI is InChI=1S/C12H15N3O4S2/c1-20(16,17)8-7-15-21(18,19)11-5-4-10(13)9-3-2-6-14-12(9)11/h2-6,15H,7-8,13H2,1H3. The molecule has 21 heavy (non-hydrogen) atoms. The van der Waals surface area contributed by atoms with Gasteiger partial charge in [-0.15, -0.1) is 0 Å².